The first kappa shape index (κ1) is 14.1. The van der Waals surface area contributed by atoms with E-state index in [1.165, 1.54) is 0 Å². The Balaban J connectivity index is 2.20. The average molecular weight is 325 g/mol. The molecule has 0 radical (unpaired) electrons. The predicted molar refractivity (Wildman–Crippen MR) is 76.5 cm³/mol. The normalized spacial score (nSPS) is 12.9. The smallest absolute Gasteiger partial charge is 0.231 e. The van der Waals surface area contributed by atoms with E-state index >= 15 is 0 Å². The lowest BCUT2D eigenvalue weighted by atomic mass is 9.97. The van der Waals surface area contributed by atoms with Gasteiger partial charge in [0.2, 0.25) is 11.7 Å². The molecule has 0 fully saturated rings. The fraction of sp³-hybridized carbons (Fsp3) is 0.462. The van der Waals surface area contributed by atoms with Crippen molar-refractivity contribution in [2.24, 2.45) is 11.7 Å². The van der Waals surface area contributed by atoms with Crippen LogP contribution >= 0.6 is 15.9 Å². The number of hydrogen-bond acceptors (Lipinski definition) is 5. The van der Waals surface area contributed by atoms with Crippen LogP contribution in [0.1, 0.15) is 32.1 Å². The molecule has 0 bridgehead atoms. The van der Waals surface area contributed by atoms with E-state index in [0.29, 0.717) is 29.9 Å². The van der Waals surface area contributed by atoms with Crippen LogP contribution < -0.4 is 5.73 Å². The molecule has 0 spiro atoms. The predicted octanol–water partition coefficient (Wildman–Crippen LogP) is 2.98. The summed E-state index contributed by atoms with van der Waals surface area (Å²) in [4.78, 5) is 8.64. The highest BCUT2D eigenvalue weighted by Crippen LogP contribution is 2.23. The highest BCUT2D eigenvalue weighted by atomic mass is 79.9. The van der Waals surface area contributed by atoms with Crippen LogP contribution in [0, 0.1) is 5.92 Å². The van der Waals surface area contributed by atoms with E-state index in [0.717, 1.165) is 10.9 Å². The summed E-state index contributed by atoms with van der Waals surface area (Å²) in [6, 6.07) is 3.74. The van der Waals surface area contributed by atoms with Crippen LogP contribution in [0.2, 0.25) is 0 Å². The van der Waals surface area contributed by atoms with Crippen molar-refractivity contribution in [1.82, 2.24) is 15.1 Å². The molecule has 0 aliphatic heterocycles. The Bertz CT molecular complexity index is 524. The summed E-state index contributed by atoms with van der Waals surface area (Å²) in [5, 5.41) is 3.97. The van der Waals surface area contributed by atoms with Crippen molar-refractivity contribution in [3.8, 4) is 11.5 Å². The molecule has 5 nitrogen and oxygen atoms in total. The minimum atomic E-state index is 0.108. The van der Waals surface area contributed by atoms with Gasteiger partial charge in [-0.1, -0.05) is 19.0 Å². The summed E-state index contributed by atoms with van der Waals surface area (Å²) >= 11 is 3.34. The van der Waals surface area contributed by atoms with Gasteiger partial charge < -0.3 is 10.3 Å². The molecule has 0 aromatic carbocycles. The zero-order chi connectivity index (χ0) is 13.8. The van der Waals surface area contributed by atoms with Crippen LogP contribution in [0.25, 0.3) is 11.5 Å². The van der Waals surface area contributed by atoms with Crippen molar-refractivity contribution in [2.45, 2.75) is 26.2 Å². The number of nitrogens with zero attached hydrogens (tertiary/aromatic N) is 3. The van der Waals surface area contributed by atoms with E-state index in [1.54, 1.807) is 6.20 Å². The molecule has 102 valence electrons. The van der Waals surface area contributed by atoms with E-state index in [-0.39, 0.29) is 5.92 Å². The maximum atomic E-state index is 5.77. The summed E-state index contributed by atoms with van der Waals surface area (Å²) < 4.78 is 6.23. The summed E-state index contributed by atoms with van der Waals surface area (Å²) in [6.45, 7) is 4.81. The third-order valence-corrected chi connectivity index (χ3v) is 3.26. The van der Waals surface area contributed by atoms with Gasteiger partial charge in [-0.15, -0.1) is 0 Å². The van der Waals surface area contributed by atoms with E-state index in [2.05, 4.69) is 44.9 Å². The Labute approximate surface area is 120 Å². The lowest BCUT2D eigenvalue weighted by Gasteiger charge is -2.11. The van der Waals surface area contributed by atoms with Gasteiger partial charge in [0.1, 0.15) is 5.69 Å². The largest absolute Gasteiger partial charge is 0.339 e. The molecular formula is C13H17BrN4O. The van der Waals surface area contributed by atoms with E-state index < -0.39 is 0 Å². The number of nitrogens with two attached hydrogens (primary N) is 1. The van der Waals surface area contributed by atoms with Crippen molar-refractivity contribution >= 4 is 15.9 Å². The average Bonchev–Trinajstić information content (AvgIpc) is 2.86. The number of rotatable bonds is 5. The van der Waals surface area contributed by atoms with Gasteiger partial charge in [-0.05, 0) is 40.4 Å². The van der Waals surface area contributed by atoms with Gasteiger partial charge in [0.25, 0.3) is 0 Å². The summed E-state index contributed by atoms with van der Waals surface area (Å²) in [7, 11) is 0. The molecular weight excluding hydrogens is 308 g/mol. The molecule has 2 rings (SSSR count). The minimum absolute atomic E-state index is 0.108. The first-order valence-electron chi connectivity index (χ1n) is 6.25. The zero-order valence-electron chi connectivity index (χ0n) is 11.0. The van der Waals surface area contributed by atoms with Gasteiger partial charge in [-0.2, -0.15) is 4.98 Å². The van der Waals surface area contributed by atoms with Crippen molar-refractivity contribution in [2.75, 3.05) is 6.54 Å². The quantitative estimate of drug-likeness (QED) is 0.914. The standard InChI is InChI=1S/C13H17BrN4O/c1-8(2)5-9(6-15)13-17-12(18-19-13)11-4-3-10(14)7-16-11/h3-4,7-9H,5-6,15H2,1-2H3. The Morgan fingerprint density at radius 3 is 2.74 bits per heavy atom. The topological polar surface area (TPSA) is 77.8 Å². The van der Waals surface area contributed by atoms with Crippen LogP contribution in [0.4, 0.5) is 0 Å². The summed E-state index contributed by atoms with van der Waals surface area (Å²) in [5.74, 6) is 1.74. The van der Waals surface area contributed by atoms with E-state index in [9.17, 15) is 0 Å². The molecule has 6 heteroatoms. The fourth-order valence-electron chi connectivity index (χ4n) is 1.88. The van der Waals surface area contributed by atoms with Crippen molar-refractivity contribution in [3.05, 3.63) is 28.7 Å². The summed E-state index contributed by atoms with van der Waals surface area (Å²) in [5.41, 5.74) is 6.46. The maximum absolute atomic E-state index is 5.77. The number of hydrogen-bond donors (Lipinski definition) is 1. The highest BCUT2D eigenvalue weighted by Gasteiger charge is 2.19. The molecule has 0 amide bonds. The Hall–Kier alpha value is -1.27. The monoisotopic (exact) mass is 324 g/mol. The number of pyridine rings is 1. The van der Waals surface area contributed by atoms with E-state index in [4.69, 9.17) is 10.3 Å². The molecule has 1 unspecified atom stereocenters. The summed E-state index contributed by atoms with van der Waals surface area (Å²) in [6.07, 6.45) is 2.64. The Morgan fingerprint density at radius 1 is 1.37 bits per heavy atom. The van der Waals surface area contributed by atoms with Crippen LogP contribution in [-0.2, 0) is 0 Å². The number of aromatic nitrogens is 3. The lowest BCUT2D eigenvalue weighted by molar-refractivity contribution is 0.334. The van der Waals surface area contributed by atoms with Gasteiger partial charge in [0.05, 0.1) is 5.92 Å². The third kappa shape index (κ3) is 3.61. The van der Waals surface area contributed by atoms with Gasteiger partial charge in [0.15, 0.2) is 0 Å². The van der Waals surface area contributed by atoms with Crippen molar-refractivity contribution < 1.29 is 4.52 Å². The second-order valence-corrected chi connectivity index (χ2v) is 5.80. The Kier molecular flexibility index (Phi) is 4.66. The second-order valence-electron chi connectivity index (χ2n) is 4.88. The Morgan fingerprint density at radius 2 is 2.16 bits per heavy atom. The van der Waals surface area contributed by atoms with E-state index in [1.807, 2.05) is 12.1 Å². The zero-order valence-corrected chi connectivity index (χ0v) is 12.6. The van der Waals surface area contributed by atoms with Gasteiger partial charge in [-0.3, -0.25) is 4.98 Å². The van der Waals surface area contributed by atoms with Crippen LogP contribution in [0.5, 0.6) is 0 Å². The molecule has 0 aliphatic carbocycles. The SMILES string of the molecule is CC(C)CC(CN)c1nc(-c2ccc(Br)cn2)no1. The van der Waals surface area contributed by atoms with Crippen LogP contribution in [-0.4, -0.2) is 21.7 Å². The number of halogens is 1. The molecule has 19 heavy (non-hydrogen) atoms. The van der Waals surface area contributed by atoms with Crippen LogP contribution in [0.3, 0.4) is 0 Å². The molecule has 0 saturated carbocycles. The molecule has 2 aromatic heterocycles. The van der Waals surface area contributed by atoms with Crippen LogP contribution in [0.15, 0.2) is 27.3 Å². The molecule has 2 heterocycles. The molecule has 0 aliphatic rings. The van der Waals surface area contributed by atoms with Gasteiger partial charge >= 0.3 is 0 Å². The van der Waals surface area contributed by atoms with Crippen molar-refractivity contribution in [3.63, 3.8) is 0 Å². The first-order valence-corrected chi connectivity index (χ1v) is 7.05. The van der Waals surface area contributed by atoms with Gasteiger partial charge in [0, 0.05) is 17.2 Å². The first-order chi connectivity index (χ1) is 9.10. The van der Waals surface area contributed by atoms with Gasteiger partial charge in [-0.25, -0.2) is 0 Å². The molecule has 2 N–H and O–H groups in total. The highest BCUT2D eigenvalue weighted by molar-refractivity contribution is 9.10. The third-order valence-electron chi connectivity index (χ3n) is 2.79. The molecule has 1 atom stereocenters. The molecule has 2 aromatic rings. The molecule has 0 saturated heterocycles. The lowest BCUT2D eigenvalue weighted by Crippen LogP contribution is -2.15. The fourth-order valence-corrected chi connectivity index (χ4v) is 2.11. The minimum Gasteiger partial charge on any atom is -0.339 e. The second kappa shape index (κ2) is 6.25. The maximum Gasteiger partial charge on any atom is 0.231 e. The van der Waals surface area contributed by atoms with Crippen molar-refractivity contribution in [1.29, 1.82) is 0 Å².